The molecule has 7 atom stereocenters. The molecule has 5 rings (SSSR count). The fourth-order valence-electron chi connectivity index (χ4n) is 7.46. The van der Waals surface area contributed by atoms with Crippen LogP contribution in [0.15, 0.2) is 42.0 Å². The average Bonchev–Trinajstić information content (AvgIpc) is 2.54. The van der Waals surface area contributed by atoms with Gasteiger partial charge in [0.05, 0.1) is 18.3 Å². The Balaban J connectivity index is 1.62. The SMILES string of the molecule is C[C@]12C[C@H]3C=C(Cc4ccccc4)[C@H]1[C@H](O)[C@@]1(CO)CC[C@@H]1[C@@](O)(C3)C2. The molecule has 0 radical (unpaired) electrons. The molecule has 3 fully saturated rings. The van der Waals surface area contributed by atoms with E-state index in [0.717, 1.165) is 38.5 Å². The summed E-state index contributed by atoms with van der Waals surface area (Å²) in [6.45, 7) is 2.25. The number of fused-ring (bicyclic) bond motifs is 4. The Kier molecular flexibility index (Phi) is 3.55. The van der Waals surface area contributed by atoms with E-state index in [1.807, 2.05) is 6.07 Å². The molecule has 3 saturated carbocycles. The summed E-state index contributed by atoms with van der Waals surface area (Å²) in [4.78, 5) is 0. The van der Waals surface area contributed by atoms with Crippen LogP contribution in [0.5, 0.6) is 0 Å². The maximum atomic E-state index is 11.6. The van der Waals surface area contributed by atoms with E-state index >= 15 is 0 Å². The average molecular weight is 354 g/mol. The van der Waals surface area contributed by atoms with Crippen LogP contribution < -0.4 is 0 Å². The summed E-state index contributed by atoms with van der Waals surface area (Å²) < 4.78 is 0. The van der Waals surface area contributed by atoms with Crippen LogP contribution in [-0.4, -0.2) is 33.6 Å². The van der Waals surface area contributed by atoms with E-state index in [0.29, 0.717) is 5.92 Å². The number of hydrogen-bond donors (Lipinski definition) is 3. The number of allylic oxidation sites excluding steroid dienone is 1. The van der Waals surface area contributed by atoms with E-state index in [1.165, 1.54) is 11.1 Å². The molecule has 1 aromatic carbocycles. The largest absolute Gasteiger partial charge is 0.396 e. The molecule has 0 amide bonds. The van der Waals surface area contributed by atoms with Gasteiger partial charge in [-0.15, -0.1) is 0 Å². The molecule has 4 aliphatic rings. The second-order valence-electron chi connectivity index (χ2n) is 9.91. The quantitative estimate of drug-likeness (QED) is 0.731. The van der Waals surface area contributed by atoms with Gasteiger partial charge in [-0.3, -0.25) is 0 Å². The van der Waals surface area contributed by atoms with Crippen LogP contribution in [0, 0.1) is 28.6 Å². The predicted molar refractivity (Wildman–Crippen MR) is 100 cm³/mol. The molecule has 140 valence electrons. The van der Waals surface area contributed by atoms with E-state index in [1.54, 1.807) is 0 Å². The first-order valence-corrected chi connectivity index (χ1v) is 10.2. The highest BCUT2D eigenvalue weighted by molar-refractivity contribution is 5.33. The third kappa shape index (κ3) is 2.11. The minimum Gasteiger partial charge on any atom is -0.396 e. The van der Waals surface area contributed by atoms with E-state index < -0.39 is 17.1 Å². The number of aliphatic hydroxyl groups is 3. The van der Waals surface area contributed by atoms with E-state index in [4.69, 9.17) is 0 Å². The lowest BCUT2D eigenvalue weighted by molar-refractivity contribution is -0.195. The lowest BCUT2D eigenvalue weighted by Crippen LogP contribution is -2.60. The standard InChI is InChI=1S/C23H30O3/c1-21-11-16-10-17(9-15-5-3-2-4-6-15)19(21)20(25)22(14-24)8-7-18(22)23(26,12-16)13-21/h2-6,10,16,18-20,24-26H,7-9,11-14H2,1H3/t16-,18+,19+,20+,21-,22-,23-/m1/s1. The van der Waals surface area contributed by atoms with Crippen molar-refractivity contribution in [3.8, 4) is 0 Å². The molecule has 4 aliphatic carbocycles. The van der Waals surface area contributed by atoms with Crippen molar-refractivity contribution in [3.05, 3.63) is 47.5 Å². The molecule has 1 aromatic rings. The number of rotatable bonds is 3. The normalized spacial score (nSPS) is 49.0. The molecular formula is C23H30O3. The third-order valence-electron chi connectivity index (χ3n) is 8.35. The summed E-state index contributed by atoms with van der Waals surface area (Å²) in [6, 6.07) is 10.5. The third-order valence-corrected chi connectivity index (χ3v) is 8.35. The second kappa shape index (κ2) is 5.43. The van der Waals surface area contributed by atoms with Crippen LogP contribution >= 0.6 is 0 Å². The zero-order chi connectivity index (χ0) is 18.2. The molecule has 0 spiro atoms. The number of aliphatic hydroxyl groups excluding tert-OH is 2. The first kappa shape index (κ1) is 17.0. The maximum Gasteiger partial charge on any atom is 0.0694 e. The molecule has 26 heavy (non-hydrogen) atoms. The Hall–Kier alpha value is -1.16. The van der Waals surface area contributed by atoms with Gasteiger partial charge in [0.1, 0.15) is 0 Å². The summed E-state index contributed by atoms with van der Waals surface area (Å²) in [6.07, 6.45) is 7.00. The molecule has 3 N–H and O–H groups in total. The molecule has 0 saturated heterocycles. The lowest BCUT2D eigenvalue weighted by atomic mass is 9.51. The van der Waals surface area contributed by atoms with Crippen molar-refractivity contribution in [1.29, 1.82) is 0 Å². The zero-order valence-corrected chi connectivity index (χ0v) is 15.6. The summed E-state index contributed by atoms with van der Waals surface area (Å²) in [5.41, 5.74) is 1.26. The van der Waals surface area contributed by atoms with Crippen molar-refractivity contribution in [2.75, 3.05) is 6.61 Å². The first-order chi connectivity index (χ1) is 12.4. The highest BCUT2D eigenvalue weighted by Crippen LogP contribution is 2.69. The van der Waals surface area contributed by atoms with Gasteiger partial charge >= 0.3 is 0 Å². The summed E-state index contributed by atoms with van der Waals surface area (Å²) in [5.74, 6) is 0.450. The van der Waals surface area contributed by atoms with Crippen LogP contribution in [-0.2, 0) is 6.42 Å². The summed E-state index contributed by atoms with van der Waals surface area (Å²) >= 11 is 0. The molecule has 0 aliphatic heterocycles. The highest BCUT2D eigenvalue weighted by atomic mass is 16.3. The van der Waals surface area contributed by atoms with Crippen molar-refractivity contribution < 1.29 is 15.3 Å². The Morgan fingerprint density at radius 1 is 1.15 bits per heavy atom. The molecule has 3 nitrogen and oxygen atoms in total. The van der Waals surface area contributed by atoms with Crippen LogP contribution in [0.25, 0.3) is 0 Å². The van der Waals surface area contributed by atoms with Crippen LogP contribution in [0.1, 0.15) is 44.6 Å². The smallest absolute Gasteiger partial charge is 0.0694 e. The van der Waals surface area contributed by atoms with Crippen molar-refractivity contribution in [2.24, 2.45) is 28.6 Å². The molecule has 3 bridgehead atoms. The number of benzene rings is 1. The fourth-order valence-corrected chi connectivity index (χ4v) is 7.46. The Morgan fingerprint density at radius 2 is 1.92 bits per heavy atom. The Morgan fingerprint density at radius 3 is 2.58 bits per heavy atom. The van der Waals surface area contributed by atoms with Gasteiger partial charge in [-0.05, 0) is 61.3 Å². The van der Waals surface area contributed by atoms with Crippen LogP contribution in [0.3, 0.4) is 0 Å². The van der Waals surface area contributed by atoms with Crippen LogP contribution in [0.4, 0.5) is 0 Å². The molecule has 3 heteroatoms. The van der Waals surface area contributed by atoms with Gasteiger partial charge in [0, 0.05) is 11.3 Å². The van der Waals surface area contributed by atoms with E-state index in [-0.39, 0.29) is 23.9 Å². The van der Waals surface area contributed by atoms with Crippen LogP contribution in [0.2, 0.25) is 0 Å². The van der Waals surface area contributed by atoms with Crippen molar-refractivity contribution in [2.45, 2.75) is 57.2 Å². The van der Waals surface area contributed by atoms with Crippen molar-refractivity contribution >= 4 is 0 Å². The van der Waals surface area contributed by atoms with Crippen molar-refractivity contribution in [1.82, 2.24) is 0 Å². The summed E-state index contributed by atoms with van der Waals surface area (Å²) in [7, 11) is 0. The van der Waals surface area contributed by atoms with Gasteiger partial charge in [-0.2, -0.15) is 0 Å². The fraction of sp³-hybridized carbons (Fsp3) is 0.652. The molecular weight excluding hydrogens is 324 g/mol. The first-order valence-electron chi connectivity index (χ1n) is 10.2. The zero-order valence-electron chi connectivity index (χ0n) is 15.6. The van der Waals surface area contributed by atoms with E-state index in [9.17, 15) is 15.3 Å². The highest BCUT2D eigenvalue weighted by Gasteiger charge is 2.69. The lowest BCUT2D eigenvalue weighted by Gasteiger charge is -2.57. The topological polar surface area (TPSA) is 60.7 Å². The number of hydrogen-bond acceptors (Lipinski definition) is 3. The minimum atomic E-state index is -0.733. The molecule has 0 aromatic heterocycles. The maximum absolute atomic E-state index is 11.6. The molecule has 0 heterocycles. The van der Waals surface area contributed by atoms with Gasteiger partial charge in [0.15, 0.2) is 0 Å². The second-order valence-corrected chi connectivity index (χ2v) is 9.91. The monoisotopic (exact) mass is 354 g/mol. The van der Waals surface area contributed by atoms with Gasteiger partial charge in [0.2, 0.25) is 0 Å². The van der Waals surface area contributed by atoms with Gasteiger partial charge in [-0.1, -0.05) is 48.9 Å². The summed E-state index contributed by atoms with van der Waals surface area (Å²) in [5, 5.41) is 33.5. The Bertz CT molecular complexity index is 739. The minimum absolute atomic E-state index is 0.0169. The predicted octanol–water partition coefficient (Wildman–Crippen LogP) is 3.09. The van der Waals surface area contributed by atoms with E-state index in [2.05, 4.69) is 37.3 Å². The van der Waals surface area contributed by atoms with Gasteiger partial charge in [0.25, 0.3) is 0 Å². The van der Waals surface area contributed by atoms with Gasteiger partial charge in [-0.25, -0.2) is 0 Å². The Labute approximate surface area is 155 Å². The van der Waals surface area contributed by atoms with Gasteiger partial charge < -0.3 is 15.3 Å². The molecule has 0 unspecified atom stereocenters. The van der Waals surface area contributed by atoms with Crippen molar-refractivity contribution in [3.63, 3.8) is 0 Å².